The lowest BCUT2D eigenvalue weighted by Gasteiger charge is -2.20. The van der Waals surface area contributed by atoms with Crippen LogP contribution in [0.3, 0.4) is 0 Å². The second-order valence-corrected chi connectivity index (χ2v) is 7.70. The molecule has 1 aliphatic heterocycles. The van der Waals surface area contributed by atoms with Gasteiger partial charge >= 0.3 is 6.36 Å². The number of benzene rings is 2. The van der Waals surface area contributed by atoms with E-state index in [1.165, 1.54) is 25.3 Å². The molecule has 0 amide bonds. The number of likely N-dealkylation sites (tertiary alicyclic amines) is 1. The molecule has 7 heteroatoms. The van der Waals surface area contributed by atoms with Crippen molar-refractivity contribution in [2.24, 2.45) is 17.8 Å². The highest BCUT2D eigenvalue weighted by Crippen LogP contribution is 2.54. The van der Waals surface area contributed by atoms with Gasteiger partial charge in [0.15, 0.2) is 0 Å². The molecule has 0 spiro atoms. The summed E-state index contributed by atoms with van der Waals surface area (Å²) in [5.74, 6) is 1.74. The molecular weight excluding hydrogens is 386 g/mol. The third kappa shape index (κ3) is 4.83. The maximum Gasteiger partial charge on any atom is 0.573 e. The van der Waals surface area contributed by atoms with Gasteiger partial charge in [0.1, 0.15) is 17.3 Å². The standard InChI is InChI=1S/C22H22F4NO2/c1-28-16-7-6-15(21(23)10-16)11-27-12-19-18(20(19)13-27)8-5-14-3-2-4-17(9-14)29-22(24,25)26/h2-7,9-10,18-20H,8,11-13H2,1H3. The van der Waals surface area contributed by atoms with Gasteiger partial charge in [-0.1, -0.05) is 18.2 Å². The molecule has 2 atom stereocenters. The van der Waals surface area contributed by atoms with Gasteiger partial charge in [-0.2, -0.15) is 0 Å². The predicted molar refractivity (Wildman–Crippen MR) is 99.8 cm³/mol. The van der Waals surface area contributed by atoms with Crippen molar-refractivity contribution in [3.05, 3.63) is 65.8 Å². The lowest BCUT2D eigenvalue weighted by Crippen LogP contribution is -2.24. The average molecular weight is 408 g/mol. The minimum absolute atomic E-state index is 0.199. The number of ether oxygens (including phenoxy) is 2. The van der Waals surface area contributed by atoms with E-state index in [1.54, 1.807) is 24.3 Å². The zero-order valence-electron chi connectivity index (χ0n) is 16.0. The number of halogens is 4. The molecule has 0 aromatic heterocycles. The summed E-state index contributed by atoms with van der Waals surface area (Å²) < 4.78 is 60.2. The molecule has 1 saturated carbocycles. The van der Waals surface area contributed by atoms with Crippen molar-refractivity contribution in [3.8, 4) is 11.5 Å². The second kappa shape index (κ2) is 7.86. The van der Waals surface area contributed by atoms with Crippen molar-refractivity contribution in [2.75, 3.05) is 20.2 Å². The van der Waals surface area contributed by atoms with Crippen LogP contribution in [0.5, 0.6) is 11.5 Å². The van der Waals surface area contributed by atoms with Gasteiger partial charge in [0.2, 0.25) is 0 Å². The van der Waals surface area contributed by atoms with E-state index in [1.807, 2.05) is 6.42 Å². The molecule has 1 aliphatic carbocycles. The van der Waals surface area contributed by atoms with E-state index >= 15 is 0 Å². The summed E-state index contributed by atoms with van der Waals surface area (Å²) in [4.78, 5) is 2.26. The van der Waals surface area contributed by atoms with Gasteiger partial charge in [-0.15, -0.1) is 13.2 Å². The monoisotopic (exact) mass is 408 g/mol. The fourth-order valence-electron chi connectivity index (χ4n) is 4.35. The van der Waals surface area contributed by atoms with E-state index in [4.69, 9.17) is 4.74 Å². The average Bonchev–Trinajstić information content (AvgIpc) is 3.11. The number of nitrogens with zero attached hydrogens (tertiary/aromatic N) is 1. The molecule has 2 aliphatic rings. The first-order valence-corrected chi connectivity index (χ1v) is 9.56. The Bertz CT molecular complexity index is 858. The first kappa shape index (κ1) is 20.0. The molecule has 29 heavy (non-hydrogen) atoms. The molecule has 4 rings (SSSR count). The summed E-state index contributed by atoms with van der Waals surface area (Å²) in [6.07, 6.45) is -1.88. The summed E-state index contributed by atoms with van der Waals surface area (Å²) >= 11 is 0. The van der Waals surface area contributed by atoms with Crippen LogP contribution < -0.4 is 9.47 Å². The number of hydrogen-bond donors (Lipinski definition) is 0. The highest BCUT2D eigenvalue weighted by atomic mass is 19.4. The minimum atomic E-state index is -4.68. The molecule has 0 bridgehead atoms. The van der Waals surface area contributed by atoms with Gasteiger partial charge < -0.3 is 9.47 Å². The molecule has 2 unspecified atom stereocenters. The SMILES string of the molecule is COc1ccc(CN2CC3C(C[CH]c4cccc(OC(F)(F)F)c4)C3C2)c(F)c1. The van der Waals surface area contributed by atoms with Crippen LogP contribution in [-0.4, -0.2) is 31.5 Å². The Hall–Kier alpha value is -2.28. The number of rotatable bonds is 7. The van der Waals surface area contributed by atoms with Crippen LogP contribution >= 0.6 is 0 Å². The van der Waals surface area contributed by atoms with Gasteiger partial charge in [0.05, 0.1) is 7.11 Å². The van der Waals surface area contributed by atoms with E-state index < -0.39 is 6.36 Å². The van der Waals surface area contributed by atoms with Gasteiger partial charge in [0.25, 0.3) is 0 Å². The molecule has 2 aromatic rings. The van der Waals surface area contributed by atoms with Gasteiger partial charge in [0, 0.05) is 31.3 Å². The molecular formula is C22H22F4NO2. The Kier molecular flexibility index (Phi) is 5.42. The van der Waals surface area contributed by atoms with Crippen LogP contribution in [-0.2, 0) is 6.54 Å². The molecule has 1 heterocycles. The predicted octanol–water partition coefficient (Wildman–Crippen LogP) is 5.05. The zero-order chi connectivity index (χ0) is 20.6. The third-order valence-electron chi connectivity index (χ3n) is 5.82. The minimum Gasteiger partial charge on any atom is -0.497 e. The second-order valence-electron chi connectivity index (χ2n) is 7.70. The Labute approximate surface area is 167 Å². The molecule has 2 aromatic carbocycles. The first-order valence-electron chi connectivity index (χ1n) is 9.56. The smallest absolute Gasteiger partial charge is 0.497 e. The van der Waals surface area contributed by atoms with Crippen LogP contribution in [0.4, 0.5) is 17.6 Å². The van der Waals surface area contributed by atoms with Crippen molar-refractivity contribution >= 4 is 0 Å². The normalized spacial score (nSPS) is 23.7. The Morgan fingerprint density at radius 2 is 1.83 bits per heavy atom. The molecule has 0 N–H and O–H groups in total. The molecule has 1 saturated heterocycles. The topological polar surface area (TPSA) is 21.7 Å². The summed E-state index contributed by atoms with van der Waals surface area (Å²) in [6.45, 7) is 2.42. The zero-order valence-corrected chi connectivity index (χ0v) is 16.0. The summed E-state index contributed by atoms with van der Waals surface area (Å²) in [5, 5.41) is 0. The maximum absolute atomic E-state index is 14.1. The number of methoxy groups -OCH3 is 1. The van der Waals surface area contributed by atoms with E-state index in [9.17, 15) is 17.6 Å². The van der Waals surface area contributed by atoms with E-state index in [0.717, 1.165) is 25.1 Å². The van der Waals surface area contributed by atoms with Gasteiger partial charge in [-0.25, -0.2) is 4.39 Å². The van der Waals surface area contributed by atoms with E-state index in [-0.39, 0.29) is 11.6 Å². The van der Waals surface area contributed by atoms with E-state index in [0.29, 0.717) is 35.6 Å². The highest BCUT2D eigenvalue weighted by Gasteiger charge is 2.54. The van der Waals surface area contributed by atoms with Crippen molar-refractivity contribution in [1.29, 1.82) is 0 Å². The Morgan fingerprint density at radius 1 is 1.07 bits per heavy atom. The molecule has 155 valence electrons. The van der Waals surface area contributed by atoms with E-state index in [2.05, 4.69) is 9.64 Å². The van der Waals surface area contributed by atoms with Gasteiger partial charge in [-0.3, -0.25) is 4.90 Å². The number of hydrogen-bond acceptors (Lipinski definition) is 3. The molecule has 2 fully saturated rings. The lowest BCUT2D eigenvalue weighted by molar-refractivity contribution is -0.274. The van der Waals surface area contributed by atoms with Crippen LogP contribution in [0, 0.1) is 30.0 Å². The van der Waals surface area contributed by atoms with Crippen molar-refractivity contribution < 1.29 is 27.0 Å². The summed E-state index contributed by atoms with van der Waals surface area (Å²) in [5.41, 5.74) is 1.39. The molecule has 3 nitrogen and oxygen atoms in total. The molecule has 1 radical (unpaired) electrons. The Morgan fingerprint density at radius 3 is 2.48 bits per heavy atom. The quantitative estimate of drug-likeness (QED) is 0.599. The Balaban J connectivity index is 1.25. The number of alkyl halides is 3. The van der Waals surface area contributed by atoms with Gasteiger partial charge in [-0.05, 0) is 54.4 Å². The van der Waals surface area contributed by atoms with Crippen LogP contribution in [0.2, 0.25) is 0 Å². The fraction of sp³-hybridized carbons (Fsp3) is 0.409. The fourth-order valence-corrected chi connectivity index (χ4v) is 4.35. The lowest BCUT2D eigenvalue weighted by atomic mass is 10.0. The van der Waals surface area contributed by atoms with Crippen LogP contribution in [0.15, 0.2) is 42.5 Å². The third-order valence-corrected chi connectivity index (χ3v) is 5.82. The first-order chi connectivity index (χ1) is 13.8. The van der Waals surface area contributed by atoms with Crippen molar-refractivity contribution in [3.63, 3.8) is 0 Å². The van der Waals surface area contributed by atoms with Crippen LogP contribution in [0.1, 0.15) is 17.5 Å². The van der Waals surface area contributed by atoms with Crippen molar-refractivity contribution in [2.45, 2.75) is 19.3 Å². The largest absolute Gasteiger partial charge is 0.573 e. The summed E-state index contributed by atoms with van der Waals surface area (Å²) in [7, 11) is 1.51. The number of piperidine rings is 1. The van der Waals surface area contributed by atoms with Crippen molar-refractivity contribution in [1.82, 2.24) is 4.90 Å². The van der Waals surface area contributed by atoms with Crippen LogP contribution in [0.25, 0.3) is 0 Å². The number of fused-ring (bicyclic) bond motifs is 1. The maximum atomic E-state index is 14.1. The highest BCUT2D eigenvalue weighted by molar-refractivity contribution is 5.33. The summed E-state index contributed by atoms with van der Waals surface area (Å²) in [6, 6.07) is 11.0.